The zero-order valence-corrected chi connectivity index (χ0v) is 13.8. The molecular weight excluding hydrogens is 278 g/mol. The summed E-state index contributed by atoms with van der Waals surface area (Å²) in [6, 6.07) is 9.13. The van der Waals surface area contributed by atoms with Crippen LogP contribution in [0.5, 0.6) is 0 Å². The van der Waals surface area contributed by atoms with E-state index in [0.29, 0.717) is 12.0 Å². The number of nitrogens with two attached hydrogens (primary N) is 1. The van der Waals surface area contributed by atoms with Gasteiger partial charge in [0, 0.05) is 17.5 Å². The van der Waals surface area contributed by atoms with Crippen LogP contribution in [0.25, 0.3) is 0 Å². The van der Waals surface area contributed by atoms with E-state index in [1.165, 1.54) is 19.3 Å². The third-order valence-electron chi connectivity index (χ3n) is 4.39. The molecule has 1 saturated carbocycles. The van der Waals surface area contributed by atoms with Crippen LogP contribution in [0.1, 0.15) is 38.7 Å². The lowest BCUT2D eigenvalue weighted by Crippen LogP contribution is -2.40. The summed E-state index contributed by atoms with van der Waals surface area (Å²) < 4.78 is 0. The SMILES string of the molecule is CCSc1cccc(N(CC)C2CCCC2CN)c1C#N. The van der Waals surface area contributed by atoms with Gasteiger partial charge in [0.2, 0.25) is 0 Å². The fraction of sp³-hybridized carbons (Fsp3) is 0.588. The summed E-state index contributed by atoms with van der Waals surface area (Å²) in [6.07, 6.45) is 3.64. The van der Waals surface area contributed by atoms with Gasteiger partial charge >= 0.3 is 0 Å². The zero-order valence-electron chi connectivity index (χ0n) is 13.0. The maximum absolute atomic E-state index is 9.62. The summed E-state index contributed by atoms with van der Waals surface area (Å²) in [5, 5.41) is 9.62. The van der Waals surface area contributed by atoms with Crippen LogP contribution in [-0.2, 0) is 0 Å². The molecule has 3 nitrogen and oxygen atoms in total. The molecule has 2 rings (SSSR count). The highest BCUT2D eigenvalue weighted by atomic mass is 32.2. The molecule has 2 unspecified atom stereocenters. The molecule has 1 aliphatic carbocycles. The van der Waals surface area contributed by atoms with E-state index in [0.717, 1.165) is 35.0 Å². The van der Waals surface area contributed by atoms with Gasteiger partial charge in [0.05, 0.1) is 11.3 Å². The Kier molecular flexibility index (Phi) is 5.96. The molecule has 0 heterocycles. The number of anilines is 1. The van der Waals surface area contributed by atoms with Crippen LogP contribution in [-0.4, -0.2) is 24.9 Å². The number of nitriles is 1. The second-order valence-corrected chi connectivity index (χ2v) is 6.78. The van der Waals surface area contributed by atoms with Crippen molar-refractivity contribution in [3.05, 3.63) is 23.8 Å². The minimum absolute atomic E-state index is 0.481. The largest absolute Gasteiger partial charge is 0.367 e. The van der Waals surface area contributed by atoms with Gasteiger partial charge in [-0.25, -0.2) is 0 Å². The minimum Gasteiger partial charge on any atom is -0.367 e. The molecule has 0 aromatic heterocycles. The first-order chi connectivity index (χ1) is 10.3. The Morgan fingerprint density at radius 1 is 1.38 bits per heavy atom. The summed E-state index contributed by atoms with van der Waals surface area (Å²) in [7, 11) is 0. The average molecular weight is 303 g/mol. The van der Waals surface area contributed by atoms with E-state index in [4.69, 9.17) is 5.73 Å². The van der Waals surface area contributed by atoms with Crippen LogP contribution in [0.4, 0.5) is 5.69 Å². The van der Waals surface area contributed by atoms with Crippen molar-refractivity contribution in [3.8, 4) is 6.07 Å². The van der Waals surface area contributed by atoms with Crippen LogP contribution < -0.4 is 10.6 Å². The van der Waals surface area contributed by atoms with Crippen molar-refractivity contribution in [1.82, 2.24) is 0 Å². The molecule has 1 aromatic rings. The predicted molar refractivity (Wildman–Crippen MR) is 90.8 cm³/mol. The van der Waals surface area contributed by atoms with Gasteiger partial charge in [0.25, 0.3) is 0 Å². The van der Waals surface area contributed by atoms with Crippen molar-refractivity contribution < 1.29 is 0 Å². The number of nitrogens with zero attached hydrogens (tertiary/aromatic N) is 2. The van der Waals surface area contributed by atoms with Gasteiger partial charge in [-0.2, -0.15) is 5.26 Å². The summed E-state index contributed by atoms with van der Waals surface area (Å²) >= 11 is 1.74. The first-order valence-electron chi connectivity index (χ1n) is 7.89. The number of rotatable bonds is 6. The van der Waals surface area contributed by atoms with Crippen molar-refractivity contribution in [3.63, 3.8) is 0 Å². The highest BCUT2D eigenvalue weighted by Crippen LogP contribution is 2.36. The normalized spacial score (nSPS) is 21.2. The number of thioether (sulfide) groups is 1. The maximum Gasteiger partial charge on any atom is 0.103 e. The zero-order chi connectivity index (χ0) is 15.2. The molecule has 2 N–H and O–H groups in total. The molecule has 2 atom stereocenters. The Bertz CT molecular complexity index is 509. The monoisotopic (exact) mass is 303 g/mol. The number of benzene rings is 1. The van der Waals surface area contributed by atoms with E-state index in [-0.39, 0.29) is 0 Å². The van der Waals surface area contributed by atoms with Gasteiger partial charge in [-0.3, -0.25) is 0 Å². The summed E-state index contributed by atoms with van der Waals surface area (Å²) in [4.78, 5) is 3.50. The molecule has 0 saturated heterocycles. The van der Waals surface area contributed by atoms with Crippen molar-refractivity contribution in [2.45, 2.75) is 44.0 Å². The summed E-state index contributed by atoms with van der Waals surface area (Å²) in [5.74, 6) is 1.54. The molecule has 21 heavy (non-hydrogen) atoms. The van der Waals surface area contributed by atoms with Gasteiger partial charge in [0.1, 0.15) is 6.07 Å². The third-order valence-corrected chi connectivity index (χ3v) is 5.33. The van der Waals surface area contributed by atoms with Crippen molar-refractivity contribution in [2.24, 2.45) is 11.7 Å². The molecule has 4 heteroatoms. The van der Waals surface area contributed by atoms with E-state index >= 15 is 0 Å². The van der Waals surface area contributed by atoms with E-state index in [1.807, 2.05) is 0 Å². The third kappa shape index (κ3) is 3.36. The van der Waals surface area contributed by atoms with Crippen molar-refractivity contribution in [1.29, 1.82) is 5.26 Å². The van der Waals surface area contributed by atoms with E-state index in [1.54, 1.807) is 11.8 Å². The molecule has 0 radical (unpaired) electrons. The standard InChI is InChI=1S/C17H25N3S/c1-3-20(15-8-5-7-13(15)11-18)16-9-6-10-17(21-4-2)14(16)12-19/h6,9-10,13,15H,3-5,7-8,11,18H2,1-2H3. The molecule has 1 aliphatic rings. The Hall–Kier alpha value is -1.18. The van der Waals surface area contributed by atoms with Crippen molar-refractivity contribution >= 4 is 17.4 Å². The highest BCUT2D eigenvalue weighted by molar-refractivity contribution is 7.99. The summed E-state index contributed by atoms with van der Waals surface area (Å²) in [6.45, 7) is 5.97. The van der Waals surface area contributed by atoms with Gasteiger partial charge in [0.15, 0.2) is 0 Å². The quantitative estimate of drug-likeness (QED) is 0.815. The molecule has 0 spiro atoms. The fourth-order valence-corrected chi connectivity index (χ4v) is 4.21. The smallest absolute Gasteiger partial charge is 0.103 e. The Balaban J connectivity index is 2.38. The van der Waals surface area contributed by atoms with Gasteiger partial charge in [-0.05, 0) is 50.1 Å². The first-order valence-corrected chi connectivity index (χ1v) is 8.87. The lowest BCUT2D eigenvalue weighted by atomic mass is 10.0. The molecule has 0 amide bonds. The van der Waals surface area contributed by atoms with Crippen LogP contribution >= 0.6 is 11.8 Å². The van der Waals surface area contributed by atoms with Gasteiger partial charge in [-0.15, -0.1) is 11.8 Å². The predicted octanol–water partition coefficient (Wildman–Crippen LogP) is 3.62. The second kappa shape index (κ2) is 7.72. The van der Waals surface area contributed by atoms with E-state index in [2.05, 4.69) is 43.0 Å². The lowest BCUT2D eigenvalue weighted by molar-refractivity contribution is 0.461. The first kappa shape index (κ1) is 16.2. The van der Waals surface area contributed by atoms with Crippen molar-refractivity contribution in [2.75, 3.05) is 23.7 Å². The average Bonchev–Trinajstić information content (AvgIpc) is 2.97. The molecule has 1 aromatic carbocycles. The molecule has 0 bridgehead atoms. The molecular formula is C17H25N3S. The number of hydrogen-bond acceptors (Lipinski definition) is 4. The topological polar surface area (TPSA) is 53.0 Å². The lowest BCUT2D eigenvalue weighted by Gasteiger charge is -2.34. The van der Waals surface area contributed by atoms with Crippen LogP contribution in [0, 0.1) is 17.2 Å². The summed E-state index contributed by atoms with van der Waals surface area (Å²) in [5.41, 5.74) is 7.86. The van der Waals surface area contributed by atoms with E-state index < -0.39 is 0 Å². The fourth-order valence-electron chi connectivity index (χ4n) is 3.43. The minimum atomic E-state index is 0.481. The van der Waals surface area contributed by atoms with Gasteiger partial charge in [-0.1, -0.05) is 19.4 Å². The van der Waals surface area contributed by atoms with Crippen LogP contribution in [0.15, 0.2) is 23.1 Å². The molecule has 114 valence electrons. The molecule has 0 aliphatic heterocycles. The highest BCUT2D eigenvalue weighted by Gasteiger charge is 2.31. The number of hydrogen-bond donors (Lipinski definition) is 1. The Morgan fingerprint density at radius 2 is 2.19 bits per heavy atom. The van der Waals surface area contributed by atoms with Gasteiger partial charge < -0.3 is 10.6 Å². The Labute approximate surface area is 132 Å². The Morgan fingerprint density at radius 3 is 2.81 bits per heavy atom. The maximum atomic E-state index is 9.62. The van der Waals surface area contributed by atoms with E-state index in [9.17, 15) is 5.26 Å². The van der Waals surface area contributed by atoms with Crippen LogP contribution in [0.2, 0.25) is 0 Å². The second-order valence-electron chi connectivity index (χ2n) is 5.48. The molecule has 1 fully saturated rings. The van der Waals surface area contributed by atoms with Crippen LogP contribution in [0.3, 0.4) is 0 Å².